The molecule has 0 radical (unpaired) electrons. The van der Waals surface area contributed by atoms with Gasteiger partial charge in [0.1, 0.15) is 9.88 Å². The Balaban J connectivity index is 1.99. The molecule has 1 amide bonds. The molecule has 6 nitrogen and oxygen atoms in total. The molecule has 8 heteroatoms. The highest BCUT2D eigenvalue weighted by molar-refractivity contribution is 7.16. The molecule has 0 aromatic carbocycles. The van der Waals surface area contributed by atoms with Gasteiger partial charge in [0.15, 0.2) is 6.61 Å². The lowest BCUT2D eigenvalue weighted by atomic mass is 10.1. The van der Waals surface area contributed by atoms with Crippen LogP contribution in [-0.2, 0) is 27.1 Å². The van der Waals surface area contributed by atoms with E-state index in [2.05, 4.69) is 12.2 Å². The number of amides is 1. The number of carbonyl (C=O) groups excluding carboxylic acids is 3. The first-order valence-electron chi connectivity index (χ1n) is 9.25. The molecule has 2 aromatic rings. The topological polar surface area (TPSA) is 81.7 Å². The Hall–Kier alpha value is -2.19. The van der Waals surface area contributed by atoms with Crippen LogP contribution in [-0.4, -0.2) is 31.1 Å². The zero-order chi connectivity index (χ0) is 20.7. The van der Waals surface area contributed by atoms with Crippen molar-refractivity contribution in [2.45, 2.75) is 47.0 Å². The van der Waals surface area contributed by atoms with Crippen molar-refractivity contribution in [1.82, 2.24) is 0 Å². The third kappa shape index (κ3) is 5.65. The molecule has 0 aliphatic rings. The number of aryl methyl sites for hydroxylation is 3. The van der Waals surface area contributed by atoms with E-state index in [9.17, 15) is 14.4 Å². The summed E-state index contributed by atoms with van der Waals surface area (Å²) in [5, 5.41) is 3.06. The summed E-state index contributed by atoms with van der Waals surface area (Å²) in [5.41, 5.74) is 1.45. The minimum absolute atomic E-state index is 0.251. The van der Waals surface area contributed by atoms with E-state index in [1.54, 1.807) is 13.0 Å². The molecule has 0 saturated carbocycles. The molecular weight excluding hydrogens is 398 g/mol. The van der Waals surface area contributed by atoms with Gasteiger partial charge < -0.3 is 14.8 Å². The molecular formula is C20H25NO5S2. The minimum atomic E-state index is -0.517. The molecule has 0 unspecified atom stereocenters. The Morgan fingerprint density at radius 2 is 1.79 bits per heavy atom. The van der Waals surface area contributed by atoms with Gasteiger partial charge in [-0.15, -0.1) is 22.7 Å². The smallest absolute Gasteiger partial charge is 0.348 e. The van der Waals surface area contributed by atoms with E-state index in [4.69, 9.17) is 9.47 Å². The van der Waals surface area contributed by atoms with Gasteiger partial charge in [0, 0.05) is 9.75 Å². The van der Waals surface area contributed by atoms with Crippen LogP contribution in [0, 0.1) is 6.92 Å². The fourth-order valence-corrected chi connectivity index (χ4v) is 4.54. The van der Waals surface area contributed by atoms with Crippen LogP contribution in [0.25, 0.3) is 0 Å². The average Bonchev–Trinajstić information content (AvgIpc) is 3.24. The maximum Gasteiger partial charge on any atom is 0.348 e. The van der Waals surface area contributed by atoms with E-state index < -0.39 is 24.5 Å². The SMILES string of the molecule is CCCc1cc(C(=O)OCC(=O)Nc2sc(CC)cc2C(=O)OCC)sc1C. The number of esters is 2. The van der Waals surface area contributed by atoms with Gasteiger partial charge in [-0.2, -0.15) is 0 Å². The Kier molecular flexibility index (Phi) is 8.19. The fourth-order valence-electron chi connectivity index (χ4n) is 2.57. The number of carbonyl (C=O) groups is 3. The molecule has 2 aromatic heterocycles. The summed E-state index contributed by atoms with van der Waals surface area (Å²) >= 11 is 2.68. The van der Waals surface area contributed by atoms with Gasteiger partial charge >= 0.3 is 11.9 Å². The van der Waals surface area contributed by atoms with Crippen molar-refractivity contribution in [3.63, 3.8) is 0 Å². The standard InChI is InChI=1S/C20H25NO5S2/c1-5-8-13-9-16(27-12(13)4)20(24)26-11-17(22)21-18-15(19(23)25-7-3)10-14(6-2)28-18/h9-10H,5-8,11H2,1-4H3,(H,21,22). The molecule has 28 heavy (non-hydrogen) atoms. The largest absolute Gasteiger partial charge is 0.462 e. The van der Waals surface area contributed by atoms with Crippen molar-refractivity contribution in [2.75, 3.05) is 18.5 Å². The van der Waals surface area contributed by atoms with Gasteiger partial charge in [0.05, 0.1) is 12.2 Å². The maximum absolute atomic E-state index is 12.2. The molecule has 0 fully saturated rings. The molecule has 0 aliphatic carbocycles. The molecule has 0 bridgehead atoms. The lowest BCUT2D eigenvalue weighted by molar-refractivity contribution is -0.119. The second-order valence-corrected chi connectivity index (χ2v) is 8.49. The Bertz CT molecular complexity index is 853. The van der Waals surface area contributed by atoms with Crippen LogP contribution in [0.1, 0.15) is 62.5 Å². The lowest BCUT2D eigenvalue weighted by Crippen LogP contribution is -2.21. The highest BCUT2D eigenvalue weighted by Gasteiger charge is 2.20. The minimum Gasteiger partial charge on any atom is -0.462 e. The zero-order valence-electron chi connectivity index (χ0n) is 16.5. The Labute approximate surface area is 172 Å². The predicted octanol–water partition coefficient (Wildman–Crippen LogP) is 4.61. The number of rotatable bonds is 9. The summed E-state index contributed by atoms with van der Waals surface area (Å²) in [6.07, 6.45) is 2.64. The first-order chi connectivity index (χ1) is 13.4. The number of hydrogen-bond acceptors (Lipinski definition) is 7. The van der Waals surface area contributed by atoms with E-state index in [0.717, 1.165) is 34.6 Å². The Morgan fingerprint density at radius 1 is 1.04 bits per heavy atom. The predicted molar refractivity (Wildman–Crippen MR) is 112 cm³/mol. The molecule has 152 valence electrons. The van der Waals surface area contributed by atoms with Gasteiger partial charge in [-0.3, -0.25) is 4.79 Å². The first kappa shape index (κ1) is 22.1. The Morgan fingerprint density at radius 3 is 2.43 bits per heavy atom. The second kappa shape index (κ2) is 10.4. The molecule has 2 rings (SSSR count). The van der Waals surface area contributed by atoms with E-state index in [-0.39, 0.29) is 6.61 Å². The number of anilines is 1. The third-order valence-corrected chi connectivity index (χ3v) is 6.22. The summed E-state index contributed by atoms with van der Waals surface area (Å²) in [6.45, 7) is 7.57. The van der Waals surface area contributed by atoms with Crippen LogP contribution in [0.15, 0.2) is 12.1 Å². The number of nitrogens with one attached hydrogen (secondary N) is 1. The van der Waals surface area contributed by atoms with Crippen molar-refractivity contribution in [2.24, 2.45) is 0 Å². The van der Waals surface area contributed by atoms with Crippen LogP contribution >= 0.6 is 22.7 Å². The molecule has 0 atom stereocenters. The van der Waals surface area contributed by atoms with Crippen LogP contribution in [0.4, 0.5) is 5.00 Å². The van der Waals surface area contributed by atoms with Crippen LogP contribution < -0.4 is 5.32 Å². The summed E-state index contributed by atoms with van der Waals surface area (Å²) in [5.74, 6) is -1.50. The van der Waals surface area contributed by atoms with E-state index in [1.807, 2.05) is 19.9 Å². The van der Waals surface area contributed by atoms with Gasteiger partial charge in [-0.25, -0.2) is 9.59 Å². The first-order valence-corrected chi connectivity index (χ1v) is 10.9. The van der Waals surface area contributed by atoms with Crippen LogP contribution in [0.3, 0.4) is 0 Å². The highest BCUT2D eigenvalue weighted by Crippen LogP contribution is 2.29. The highest BCUT2D eigenvalue weighted by atomic mass is 32.1. The van der Waals surface area contributed by atoms with Gasteiger partial charge in [0.25, 0.3) is 5.91 Å². The van der Waals surface area contributed by atoms with E-state index in [1.165, 1.54) is 22.7 Å². The van der Waals surface area contributed by atoms with Crippen LogP contribution in [0.2, 0.25) is 0 Å². The quantitative estimate of drug-likeness (QED) is 0.596. The molecule has 0 spiro atoms. The molecule has 1 N–H and O–H groups in total. The molecule has 0 saturated heterocycles. The van der Waals surface area contributed by atoms with E-state index >= 15 is 0 Å². The summed E-state index contributed by atoms with van der Waals surface area (Å²) < 4.78 is 10.2. The molecule has 2 heterocycles. The van der Waals surface area contributed by atoms with Crippen molar-refractivity contribution in [1.29, 1.82) is 0 Å². The number of ether oxygens (including phenoxy) is 2. The summed E-state index contributed by atoms with van der Waals surface area (Å²) in [7, 11) is 0. The van der Waals surface area contributed by atoms with Gasteiger partial charge in [0.2, 0.25) is 0 Å². The molecule has 0 aliphatic heterocycles. The van der Waals surface area contributed by atoms with Crippen molar-refractivity contribution in [3.8, 4) is 0 Å². The monoisotopic (exact) mass is 423 g/mol. The number of thiophene rings is 2. The maximum atomic E-state index is 12.2. The normalized spacial score (nSPS) is 10.6. The van der Waals surface area contributed by atoms with Crippen LogP contribution in [0.5, 0.6) is 0 Å². The average molecular weight is 424 g/mol. The van der Waals surface area contributed by atoms with Crippen molar-refractivity contribution in [3.05, 3.63) is 37.9 Å². The van der Waals surface area contributed by atoms with Gasteiger partial charge in [-0.05, 0) is 44.4 Å². The summed E-state index contributed by atoms with van der Waals surface area (Å²) in [6, 6.07) is 3.55. The van der Waals surface area contributed by atoms with Crippen molar-refractivity contribution < 1.29 is 23.9 Å². The zero-order valence-corrected chi connectivity index (χ0v) is 18.2. The summed E-state index contributed by atoms with van der Waals surface area (Å²) in [4.78, 5) is 39.0. The fraction of sp³-hybridized carbons (Fsp3) is 0.450. The lowest BCUT2D eigenvalue weighted by Gasteiger charge is -2.06. The van der Waals surface area contributed by atoms with Gasteiger partial charge in [-0.1, -0.05) is 20.3 Å². The third-order valence-electron chi connectivity index (χ3n) is 3.96. The van der Waals surface area contributed by atoms with E-state index in [0.29, 0.717) is 15.4 Å². The van der Waals surface area contributed by atoms with Crippen molar-refractivity contribution >= 4 is 45.5 Å². The number of hydrogen-bond donors (Lipinski definition) is 1. The second-order valence-electron chi connectivity index (χ2n) is 6.10.